The summed E-state index contributed by atoms with van der Waals surface area (Å²) in [5, 5.41) is 2.99. The van der Waals surface area contributed by atoms with Gasteiger partial charge in [0.15, 0.2) is 0 Å². The zero-order chi connectivity index (χ0) is 21.8. The maximum absolute atomic E-state index is 12.7. The Morgan fingerprint density at radius 3 is 2.38 bits per heavy atom. The summed E-state index contributed by atoms with van der Waals surface area (Å²) in [4.78, 5) is 15.1. The maximum atomic E-state index is 12.7. The lowest BCUT2D eigenvalue weighted by Gasteiger charge is -2.36. The standard InChI is InChI=1S/C21H35N3O4S/c1-14(2)23-29(26,27)20-10-18(7-8-19(20)28-6)21(25)22-17(5)13-24-11-15(3)9-16(4)12-24/h7-8,10,14-17,23H,9,11-13H2,1-6H3,(H,22,25). The number of benzene rings is 1. The second-order valence-corrected chi connectivity index (χ2v) is 10.4. The molecule has 2 N–H and O–H groups in total. The Labute approximate surface area is 175 Å². The highest BCUT2D eigenvalue weighted by Crippen LogP contribution is 2.25. The van der Waals surface area contributed by atoms with Crippen molar-refractivity contribution in [2.24, 2.45) is 11.8 Å². The van der Waals surface area contributed by atoms with Crippen LogP contribution in [-0.2, 0) is 10.0 Å². The predicted molar refractivity (Wildman–Crippen MR) is 115 cm³/mol. The minimum Gasteiger partial charge on any atom is -0.495 e. The van der Waals surface area contributed by atoms with Crippen molar-refractivity contribution in [3.8, 4) is 5.75 Å². The molecule has 164 valence electrons. The number of nitrogens with one attached hydrogen (secondary N) is 2. The third-order valence-corrected chi connectivity index (χ3v) is 6.64. The first-order chi connectivity index (χ1) is 13.5. The van der Waals surface area contributed by atoms with Crippen LogP contribution in [0.1, 0.15) is 51.4 Å². The van der Waals surface area contributed by atoms with E-state index in [0.717, 1.165) is 19.6 Å². The van der Waals surface area contributed by atoms with Crippen molar-refractivity contribution in [1.82, 2.24) is 14.9 Å². The molecule has 0 bridgehead atoms. The molecule has 0 spiro atoms. The summed E-state index contributed by atoms with van der Waals surface area (Å²) in [7, 11) is -2.38. The number of sulfonamides is 1. The molecule has 8 heteroatoms. The van der Waals surface area contributed by atoms with E-state index in [1.54, 1.807) is 19.9 Å². The van der Waals surface area contributed by atoms with Crippen LogP contribution in [0, 0.1) is 11.8 Å². The zero-order valence-electron chi connectivity index (χ0n) is 18.4. The van der Waals surface area contributed by atoms with Crippen LogP contribution >= 0.6 is 0 Å². The van der Waals surface area contributed by atoms with E-state index in [4.69, 9.17) is 4.74 Å². The lowest BCUT2D eigenvalue weighted by molar-refractivity contribution is 0.0904. The smallest absolute Gasteiger partial charge is 0.251 e. The van der Waals surface area contributed by atoms with Gasteiger partial charge in [-0.3, -0.25) is 4.79 Å². The van der Waals surface area contributed by atoms with Crippen LogP contribution in [0.25, 0.3) is 0 Å². The van der Waals surface area contributed by atoms with Gasteiger partial charge >= 0.3 is 0 Å². The van der Waals surface area contributed by atoms with Crippen molar-refractivity contribution in [2.45, 2.75) is 58.0 Å². The Balaban J connectivity index is 2.11. The Bertz CT molecular complexity index is 800. The Morgan fingerprint density at radius 1 is 1.21 bits per heavy atom. The van der Waals surface area contributed by atoms with Gasteiger partial charge in [0.2, 0.25) is 10.0 Å². The van der Waals surface area contributed by atoms with Crippen LogP contribution in [0.5, 0.6) is 5.75 Å². The van der Waals surface area contributed by atoms with E-state index in [1.807, 2.05) is 6.92 Å². The molecule has 2 rings (SSSR count). The number of rotatable bonds is 8. The molecule has 0 saturated carbocycles. The molecule has 1 fully saturated rings. The Morgan fingerprint density at radius 2 is 1.83 bits per heavy atom. The molecule has 0 aromatic heterocycles. The molecule has 1 saturated heterocycles. The number of amides is 1. The van der Waals surface area contributed by atoms with Gasteiger partial charge in [-0.15, -0.1) is 0 Å². The highest BCUT2D eigenvalue weighted by Gasteiger charge is 2.25. The lowest BCUT2D eigenvalue weighted by atomic mass is 9.92. The average molecular weight is 426 g/mol. The fourth-order valence-corrected chi connectivity index (χ4v) is 5.53. The van der Waals surface area contributed by atoms with Gasteiger partial charge in [-0.2, -0.15) is 0 Å². The lowest BCUT2D eigenvalue weighted by Crippen LogP contribution is -2.47. The van der Waals surface area contributed by atoms with Crippen molar-refractivity contribution >= 4 is 15.9 Å². The number of nitrogens with zero attached hydrogens (tertiary/aromatic N) is 1. The maximum Gasteiger partial charge on any atom is 0.251 e. The van der Waals surface area contributed by atoms with Crippen LogP contribution in [0.3, 0.4) is 0 Å². The monoisotopic (exact) mass is 425 g/mol. The van der Waals surface area contributed by atoms with Crippen LogP contribution < -0.4 is 14.8 Å². The molecule has 3 atom stereocenters. The van der Waals surface area contributed by atoms with Gasteiger partial charge < -0.3 is 15.0 Å². The first-order valence-corrected chi connectivity index (χ1v) is 11.7. The largest absolute Gasteiger partial charge is 0.495 e. The van der Waals surface area contributed by atoms with Crippen molar-refractivity contribution in [3.05, 3.63) is 23.8 Å². The number of carbonyl (C=O) groups excluding carboxylic acids is 1. The number of hydrogen-bond acceptors (Lipinski definition) is 5. The van der Waals surface area contributed by atoms with Crippen LogP contribution in [-0.4, -0.2) is 58.1 Å². The number of piperidine rings is 1. The van der Waals surface area contributed by atoms with E-state index in [1.165, 1.54) is 25.7 Å². The van der Waals surface area contributed by atoms with Crippen LogP contribution in [0.2, 0.25) is 0 Å². The summed E-state index contributed by atoms with van der Waals surface area (Å²) >= 11 is 0. The SMILES string of the molecule is COc1ccc(C(=O)NC(C)CN2CC(C)CC(C)C2)cc1S(=O)(=O)NC(C)C. The van der Waals surface area contributed by atoms with Gasteiger partial charge in [0.25, 0.3) is 5.91 Å². The summed E-state index contributed by atoms with van der Waals surface area (Å²) in [6.07, 6.45) is 1.24. The van der Waals surface area contributed by atoms with Gasteiger partial charge in [-0.1, -0.05) is 13.8 Å². The first-order valence-electron chi connectivity index (χ1n) is 10.3. The van der Waals surface area contributed by atoms with E-state index < -0.39 is 10.0 Å². The third kappa shape index (κ3) is 6.69. The molecular formula is C21H35N3O4S. The molecule has 29 heavy (non-hydrogen) atoms. The summed E-state index contributed by atoms with van der Waals surface area (Å²) in [5.74, 6) is 1.23. The minimum absolute atomic E-state index is 0.0346. The quantitative estimate of drug-likeness (QED) is 0.668. The van der Waals surface area contributed by atoms with Crippen molar-refractivity contribution in [2.75, 3.05) is 26.7 Å². The topological polar surface area (TPSA) is 87.7 Å². The molecular weight excluding hydrogens is 390 g/mol. The van der Waals surface area contributed by atoms with Gasteiger partial charge in [-0.25, -0.2) is 13.1 Å². The highest BCUT2D eigenvalue weighted by molar-refractivity contribution is 7.89. The molecule has 0 aliphatic carbocycles. The minimum atomic E-state index is -3.78. The number of methoxy groups -OCH3 is 1. The molecule has 1 aliphatic rings. The Hall–Kier alpha value is -1.64. The van der Waals surface area contributed by atoms with Crippen molar-refractivity contribution in [3.63, 3.8) is 0 Å². The fourth-order valence-electron chi connectivity index (χ4n) is 4.08. The van der Waals surface area contributed by atoms with E-state index in [9.17, 15) is 13.2 Å². The molecule has 1 heterocycles. The highest BCUT2D eigenvalue weighted by atomic mass is 32.2. The second-order valence-electron chi connectivity index (χ2n) is 8.68. The normalized spacial score (nSPS) is 21.8. The molecule has 1 aromatic rings. The Kier molecular flexibility index (Phi) is 8.08. The van der Waals surface area contributed by atoms with Gasteiger partial charge in [0.05, 0.1) is 7.11 Å². The summed E-state index contributed by atoms with van der Waals surface area (Å²) in [5.41, 5.74) is 0.294. The fraction of sp³-hybridized carbons (Fsp3) is 0.667. The second kappa shape index (κ2) is 9.91. The molecule has 3 unspecified atom stereocenters. The first kappa shape index (κ1) is 23.6. The zero-order valence-corrected chi connectivity index (χ0v) is 19.2. The number of carbonyl (C=O) groups is 1. The van der Waals surface area contributed by atoms with Gasteiger partial charge in [0.1, 0.15) is 10.6 Å². The summed E-state index contributed by atoms with van der Waals surface area (Å²) in [6.45, 7) is 12.8. The molecule has 7 nitrogen and oxygen atoms in total. The van der Waals surface area contributed by atoms with Crippen molar-refractivity contribution in [1.29, 1.82) is 0 Å². The van der Waals surface area contributed by atoms with E-state index in [2.05, 4.69) is 28.8 Å². The van der Waals surface area contributed by atoms with Gasteiger partial charge in [0, 0.05) is 37.3 Å². The predicted octanol–water partition coefficient (Wildman–Crippen LogP) is 2.48. The van der Waals surface area contributed by atoms with Crippen molar-refractivity contribution < 1.29 is 17.9 Å². The van der Waals surface area contributed by atoms with Crippen LogP contribution in [0.4, 0.5) is 0 Å². The molecule has 1 aliphatic heterocycles. The van der Waals surface area contributed by atoms with Gasteiger partial charge in [-0.05, 0) is 57.2 Å². The summed E-state index contributed by atoms with van der Waals surface area (Å²) < 4.78 is 33.0. The summed E-state index contributed by atoms with van der Waals surface area (Å²) in [6, 6.07) is 4.16. The van der Waals surface area contributed by atoms with E-state index in [0.29, 0.717) is 17.4 Å². The number of likely N-dealkylation sites (tertiary alicyclic amines) is 1. The molecule has 1 aromatic carbocycles. The van der Waals surface area contributed by atoms with E-state index >= 15 is 0 Å². The average Bonchev–Trinajstić information content (AvgIpc) is 2.58. The van der Waals surface area contributed by atoms with E-state index in [-0.39, 0.29) is 28.6 Å². The number of ether oxygens (including phenoxy) is 1. The molecule has 0 radical (unpaired) electrons. The molecule has 1 amide bonds. The van der Waals surface area contributed by atoms with Crippen LogP contribution in [0.15, 0.2) is 23.1 Å². The number of hydrogen-bond donors (Lipinski definition) is 2. The third-order valence-electron chi connectivity index (χ3n) is 4.96.